The second kappa shape index (κ2) is 8.82. The Morgan fingerprint density at radius 1 is 1.09 bits per heavy atom. The maximum atomic E-state index is 14.1. The smallest absolute Gasteiger partial charge is 0.131 e. The number of ether oxygens (including phenoxy) is 2. The summed E-state index contributed by atoms with van der Waals surface area (Å²) < 4.78 is 26.8. The molecule has 33 heavy (non-hydrogen) atoms. The molecule has 1 fully saturated rings. The maximum absolute atomic E-state index is 14.1. The molecule has 1 atom stereocenters. The Kier molecular flexibility index (Phi) is 5.54. The highest BCUT2D eigenvalue weighted by Crippen LogP contribution is 2.39. The number of nitrogens with one attached hydrogen (secondary N) is 1. The Morgan fingerprint density at radius 2 is 2.03 bits per heavy atom. The number of nitrogens with zero attached hydrogens (tertiary/aromatic N) is 2. The SMILES string of the molecule is Fc1ccc(-c2nnc(-c3ccc4c(c3)CCNC4)c3ccsc23)c(OCC2CCCO2)c1. The topological polar surface area (TPSA) is 56.3 Å². The summed E-state index contributed by atoms with van der Waals surface area (Å²) in [5.41, 5.74) is 6.12. The first kappa shape index (κ1) is 20.7. The summed E-state index contributed by atoms with van der Waals surface area (Å²) in [5.74, 6) is 0.139. The molecule has 2 aliphatic heterocycles. The van der Waals surface area contributed by atoms with Crippen molar-refractivity contribution >= 4 is 21.4 Å². The lowest BCUT2D eigenvalue weighted by Crippen LogP contribution is -2.23. The average molecular weight is 462 g/mol. The summed E-state index contributed by atoms with van der Waals surface area (Å²) in [6, 6.07) is 13.2. The van der Waals surface area contributed by atoms with Gasteiger partial charge in [-0.1, -0.05) is 12.1 Å². The number of aromatic nitrogens is 2. The quantitative estimate of drug-likeness (QED) is 0.433. The van der Waals surface area contributed by atoms with E-state index in [9.17, 15) is 4.39 Å². The third kappa shape index (κ3) is 4.01. The van der Waals surface area contributed by atoms with E-state index in [4.69, 9.17) is 9.47 Å². The lowest BCUT2D eigenvalue weighted by Gasteiger charge is -2.18. The average Bonchev–Trinajstić information content (AvgIpc) is 3.55. The van der Waals surface area contributed by atoms with E-state index < -0.39 is 0 Å². The van der Waals surface area contributed by atoms with Crippen LogP contribution in [0.5, 0.6) is 5.75 Å². The van der Waals surface area contributed by atoms with Gasteiger partial charge in [-0.05, 0) is 66.6 Å². The zero-order chi connectivity index (χ0) is 22.2. The van der Waals surface area contributed by atoms with E-state index in [0.29, 0.717) is 18.1 Å². The monoisotopic (exact) mass is 461 g/mol. The van der Waals surface area contributed by atoms with Crippen LogP contribution in [0.3, 0.4) is 0 Å². The minimum absolute atomic E-state index is 0.0514. The van der Waals surface area contributed by atoms with Crippen molar-refractivity contribution in [1.29, 1.82) is 0 Å². The van der Waals surface area contributed by atoms with Crippen molar-refractivity contribution in [3.8, 4) is 28.3 Å². The molecule has 2 aromatic heterocycles. The van der Waals surface area contributed by atoms with Crippen LogP contribution in [-0.4, -0.2) is 36.1 Å². The van der Waals surface area contributed by atoms with E-state index in [1.807, 2.05) is 0 Å². The van der Waals surface area contributed by atoms with Crippen LogP contribution in [-0.2, 0) is 17.7 Å². The van der Waals surface area contributed by atoms with Gasteiger partial charge >= 0.3 is 0 Å². The first-order valence-corrected chi connectivity index (χ1v) is 12.3. The van der Waals surface area contributed by atoms with Gasteiger partial charge in [-0.15, -0.1) is 21.5 Å². The Morgan fingerprint density at radius 3 is 2.94 bits per heavy atom. The first-order chi connectivity index (χ1) is 16.3. The van der Waals surface area contributed by atoms with Gasteiger partial charge in [0.15, 0.2) is 0 Å². The zero-order valence-electron chi connectivity index (χ0n) is 18.1. The van der Waals surface area contributed by atoms with Crippen molar-refractivity contribution < 1.29 is 13.9 Å². The van der Waals surface area contributed by atoms with E-state index >= 15 is 0 Å². The molecule has 2 aromatic carbocycles. The van der Waals surface area contributed by atoms with Gasteiger partial charge in [0.05, 0.1) is 10.8 Å². The number of halogens is 1. The maximum Gasteiger partial charge on any atom is 0.131 e. The van der Waals surface area contributed by atoms with Crippen LogP contribution in [0.4, 0.5) is 4.39 Å². The Hall–Kier alpha value is -2.87. The third-order valence-corrected chi connectivity index (χ3v) is 7.32. The van der Waals surface area contributed by atoms with E-state index in [0.717, 1.165) is 65.9 Å². The van der Waals surface area contributed by atoms with Crippen LogP contribution < -0.4 is 10.1 Å². The van der Waals surface area contributed by atoms with E-state index in [-0.39, 0.29) is 11.9 Å². The fraction of sp³-hybridized carbons (Fsp3) is 0.308. The lowest BCUT2D eigenvalue weighted by molar-refractivity contribution is 0.0680. The molecular formula is C26H24FN3O2S. The Labute approximate surface area is 195 Å². The van der Waals surface area contributed by atoms with Crippen molar-refractivity contribution in [3.05, 3.63) is 64.8 Å². The fourth-order valence-corrected chi connectivity index (χ4v) is 5.56. The minimum atomic E-state index is -0.336. The molecule has 6 rings (SSSR count). The van der Waals surface area contributed by atoms with Crippen molar-refractivity contribution in [1.82, 2.24) is 15.5 Å². The van der Waals surface area contributed by atoms with Crippen LogP contribution >= 0.6 is 11.3 Å². The molecule has 4 aromatic rings. The molecule has 7 heteroatoms. The van der Waals surface area contributed by atoms with Gasteiger partial charge in [0.2, 0.25) is 0 Å². The van der Waals surface area contributed by atoms with Gasteiger partial charge in [-0.2, -0.15) is 0 Å². The molecule has 1 saturated heterocycles. The first-order valence-electron chi connectivity index (χ1n) is 11.4. The van der Waals surface area contributed by atoms with Crippen molar-refractivity contribution in [2.24, 2.45) is 0 Å². The highest BCUT2D eigenvalue weighted by Gasteiger charge is 2.21. The van der Waals surface area contributed by atoms with Gasteiger partial charge in [-0.3, -0.25) is 0 Å². The van der Waals surface area contributed by atoms with E-state index in [2.05, 4.69) is 45.2 Å². The molecule has 168 valence electrons. The van der Waals surface area contributed by atoms with Gasteiger partial charge in [0.1, 0.15) is 29.6 Å². The summed E-state index contributed by atoms with van der Waals surface area (Å²) in [4.78, 5) is 0. The molecule has 0 amide bonds. The van der Waals surface area contributed by atoms with Gasteiger partial charge in [0.25, 0.3) is 0 Å². The number of thiophene rings is 1. The third-order valence-electron chi connectivity index (χ3n) is 6.40. The number of benzene rings is 2. The van der Waals surface area contributed by atoms with Crippen LogP contribution in [0, 0.1) is 5.82 Å². The van der Waals surface area contributed by atoms with Crippen LogP contribution in [0.1, 0.15) is 24.0 Å². The fourth-order valence-electron chi connectivity index (χ4n) is 4.66. The predicted molar refractivity (Wildman–Crippen MR) is 128 cm³/mol. The number of rotatable bonds is 5. The second-order valence-corrected chi connectivity index (χ2v) is 9.47. The van der Waals surface area contributed by atoms with Crippen LogP contribution in [0.15, 0.2) is 47.8 Å². The molecule has 4 heterocycles. The molecule has 5 nitrogen and oxygen atoms in total. The molecule has 1 unspecified atom stereocenters. The molecular weight excluding hydrogens is 437 g/mol. The summed E-state index contributed by atoms with van der Waals surface area (Å²) in [7, 11) is 0. The van der Waals surface area contributed by atoms with E-state index in [1.165, 1.54) is 23.3 Å². The molecule has 0 bridgehead atoms. The second-order valence-electron chi connectivity index (χ2n) is 8.56. The Balaban J connectivity index is 1.40. The number of hydrogen-bond donors (Lipinski definition) is 1. The largest absolute Gasteiger partial charge is 0.490 e. The zero-order valence-corrected chi connectivity index (χ0v) is 19.0. The summed E-state index contributed by atoms with van der Waals surface area (Å²) in [5, 5.41) is 15.8. The number of hydrogen-bond acceptors (Lipinski definition) is 6. The van der Waals surface area contributed by atoms with Crippen LogP contribution in [0.2, 0.25) is 0 Å². The molecule has 2 aliphatic rings. The molecule has 0 radical (unpaired) electrons. The summed E-state index contributed by atoms with van der Waals surface area (Å²) >= 11 is 1.62. The molecule has 0 spiro atoms. The molecule has 0 saturated carbocycles. The lowest BCUT2D eigenvalue weighted by atomic mass is 9.96. The molecule has 0 aliphatic carbocycles. The minimum Gasteiger partial charge on any atom is -0.490 e. The van der Waals surface area contributed by atoms with Gasteiger partial charge < -0.3 is 14.8 Å². The van der Waals surface area contributed by atoms with Gasteiger partial charge in [0, 0.05) is 35.7 Å². The van der Waals surface area contributed by atoms with Gasteiger partial charge in [-0.25, -0.2) is 4.39 Å². The summed E-state index contributed by atoms with van der Waals surface area (Å²) in [6.45, 7) is 3.06. The predicted octanol–water partition coefficient (Wildman–Crippen LogP) is 5.37. The highest BCUT2D eigenvalue weighted by molar-refractivity contribution is 7.17. The standard InChI is InChI=1S/C26H24FN3O2S/c27-19-5-6-21(23(13-19)32-15-20-2-1-10-31-20)25-26-22(8-11-33-26)24(29-30-25)17-3-4-18-14-28-9-7-16(18)12-17/h3-6,8,11-13,20,28H,1-2,7,9-10,14-15H2. The normalized spacial score (nSPS) is 17.9. The summed E-state index contributed by atoms with van der Waals surface area (Å²) in [6.07, 6.45) is 3.06. The van der Waals surface area contributed by atoms with Crippen molar-refractivity contribution in [2.45, 2.75) is 31.9 Å². The highest BCUT2D eigenvalue weighted by atomic mass is 32.1. The van der Waals surface area contributed by atoms with Crippen LogP contribution in [0.25, 0.3) is 32.6 Å². The number of fused-ring (bicyclic) bond motifs is 2. The Bertz CT molecular complexity index is 1320. The molecule has 1 N–H and O–H groups in total. The van der Waals surface area contributed by atoms with Crippen molar-refractivity contribution in [2.75, 3.05) is 19.8 Å². The van der Waals surface area contributed by atoms with Crippen molar-refractivity contribution in [3.63, 3.8) is 0 Å². The van der Waals surface area contributed by atoms with E-state index in [1.54, 1.807) is 17.4 Å².